The Hall–Kier alpha value is -2.51. The molecule has 8 heteroatoms. The maximum Gasteiger partial charge on any atom is 0.253 e. The van der Waals surface area contributed by atoms with E-state index in [9.17, 15) is 4.79 Å². The van der Waals surface area contributed by atoms with Gasteiger partial charge >= 0.3 is 0 Å². The number of hydrogen-bond donors (Lipinski definition) is 0. The summed E-state index contributed by atoms with van der Waals surface area (Å²) >= 11 is 7.52. The third kappa shape index (κ3) is 4.26. The number of thioether (sulfide) groups is 1. The highest BCUT2D eigenvalue weighted by Crippen LogP contribution is 2.34. The number of hydrogen-bond acceptors (Lipinski definition) is 6. The molecule has 0 spiro atoms. The molecule has 4 rings (SSSR count). The van der Waals surface area contributed by atoms with E-state index in [1.54, 1.807) is 11.3 Å². The van der Waals surface area contributed by atoms with E-state index in [0.29, 0.717) is 22.9 Å². The molecule has 0 unspecified atom stereocenters. The van der Waals surface area contributed by atoms with Gasteiger partial charge in [-0.05, 0) is 43.7 Å². The van der Waals surface area contributed by atoms with E-state index in [0.717, 1.165) is 34.1 Å². The molecule has 1 aliphatic heterocycles. The van der Waals surface area contributed by atoms with Gasteiger partial charge in [0.2, 0.25) is 0 Å². The Labute approximate surface area is 177 Å². The molecule has 0 saturated heterocycles. The van der Waals surface area contributed by atoms with Crippen LogP contribution in [0.2, 0.25) is 5.02 Å². The van der Waals surface area contributed by atoms with Crippen molar-refractivity contribution in [2.24, 2.45) is 5.10 Å². The zero-order valence-corrected chi connectivity index (χ0v) is 17.7. The molecule has 1 aromatic carbocycles. The summed E-state index contributed by atoms with van der Waals surface area (Å²) in [6.07, 6.45) is 2.21. The number of benzene rings is 1. The summed E-state index contributed by atoms with van der Waals surface area (Å²) in [5.74, 6) is 2.42. The molecular weight excluding hydrogens is 410 g/mol. The second-order valence-corrected chi connectivity index (χ2v) is 8.24. The van der Waals surface area contributed by atoms with Crippen LogP contribution in [0.1, 0.15) is 40.8 Å². The number of nitrogens with zero attached hydrogens (tertiary/aromatic N) is 3. The first-order valence-electron chi connectivity index (χ1n) is 9.21. The lowest BCUT2D eigenvalue weighted by Crippen LogP contribution is -2.28. The van der Waals surface area contributed by atoms with Crippen LogP contribution in [-0.2, 0) is 10.5 Å². The molecule has 6 nitrogen and oxygen atoms in total. The molecule has 1 atom stereocenters. The van der Waals surface area contributed by atoms with Gasteiger partial charge in [0, 0.05) is 22.8 Å². The van der Waals surface area contributed by atoms with Gasteiger partial charge in [0.05, 0.1) is 23.4 Å². The minimum atomic E-state index is -0.247. The molecule has 150 valence electrons. The summed E-state index contributed by atoms with van der Waals surface area (Å²) in [5.41, 5.74) is 3.69. The summed E-state index contributed by atoms with van der Waals surface area (Å²) < 4.78 is 10.8. The number of carbonyl (C=O) groups excluding carboxylic acids is 1. The molecular formula is C21H20ClN3O3S. The number of hydrazone groups is 1. The van der Waals surface area contributed by atoms with Crippen molar-refractivity contribution in [3.8, 4) is 0 Å². The maximum atomic E-state index is 13.0. The van der Waals surface area contributed by atoms with Crippen LogP contribution >= 0.6 is 23.4 Å². The van der Waals surface area contributed by atoms with Gasteiger partial charge in [0.15, 0.2) is 0 Å². The lowest BCUT2D eigenvalue weighted by atomic mass is 10.0. The van der Waals surface area contributed by atoms with Crippen LogP contribution in [0, 0.1) is 13.8 Å². The van der Waals surface area contributed by atoms with Gasteiger partial charge in [0.1, 0.15) is 17.6 Å². The first kappa shape index (κ1) is 19.8. The Morgan fingerprint density at radius 3 is 2.72 bits per heavy atom. The standard InChI is InChI=1S/C21H20ClN3O3S/c1-13-17(14(2)28-24-13)11-29-12-21(26)25-19(20-4-3-9-27-20)10-18(23-25)15-5-7-16(22)8-6-15/h3-9,19H,10-12H2,1-2H3/t19-/m0/s1. The van der Waals surface area contributed by atoms with E-state index >= 15 is 0 Å². The van der Waals surface area contributed by atoms with Crippen LogP contribution in [0.5, 0.6) is 0 Å². The normalized spacial score (nSPS) is 16.3. The number of amides is 1. The fourth-order valence-corrected chi connectivity index (χ4v) is 4.43. The van der Waals surface area contributed by atoms with Crippen molar-refractivity contribution >= 4 is 35.0 Å². The zero-order chi connectivity index (χ0) is 20.4. The molecule has 3 heterocycles. The quantitative estimate of drug-likeness (QED) is 0.541. The van der Waals surface area contributed by atoms with E-state index in [1.165, 1.54) is 11.8 Å². The first-order chi connectivity index (χ1) is 14.0. The van der Waals surface area contributed by atoms with Crippen molar-refractivity contribution in [1.82, 2.24) is 10.2 Å². The smallest absolute Gasteiger partial charge is 0.253 e. The number of aryl methyl sites for hydroxylation is 2. The Morgan fingerprint density at radius 2 is 2.07 bits per heavy atom. The van der Waals surface area contributed by atoms with Crippen LogP contribution in [0.15, 0.2) is 56.7 Å². The van der Waals surface area contributed by atoms with Crippen molar-refractivity contribution in [3.63, 3.8) is 0 Å². The number of aromatic nitrogens is 1. The van der Waals surface area contributed by atoms with E-state index < -0.39 is 0 Å². The van der Waals surface area contributed by atoms with Crippen molar-refractivity contribution in [3.05, 3.63) is 76.0 Å². The van der Waals surface area contributed by atoms with Crippen LogP contribution < -0.4 is 0 Å². The van der Waals surface area contributed by atoms with Crippen LogP contribution in [0.25, 0.3) is 0 Å². The fraction of sp³-hybridized carbons (Fsp3) is 0.286. The lowest BCUT2D eigenvalue weighted by Gasteiger charge is -2.19. The summed E-state index contributed by atoms with van der Waals surface area (Å²) in [6, 6.07) is 10.9. The first-order valence-corrected chi connectivity index (χ1v) is 10.7. The van der Waals surface area contributed by atoms with Crippen LogP contribution in [-0.4, -0.2) is 27.5 Å². The van der Waals surface area contributed by atoms with Crippen LogP contribution in [0.3, 0.4) is 0 Å². The van der Waals surface area contributed by atoms with Gasteiger partial charge in [-0.1, -0.05) is 28.9 Å². The number of halogens is 1. The molecule has 0 bridgehead atoms. The summed E-state index contributed by atoms with van der Waals surface area (Å²) in [5, 5.41) is 10.8. The van der Waals surface area contributed by atoms with Gasteiger partial charge in [-0.15, -0.1) is 11.8 Å². The highest BCUT2D eigenvalue weighted by Gasteiger charge is 2.34. The van der Waals surface area contributed by atoms with Gasteiger partial charge in [0.25, 0.3) is 5.91 Å². The maximum absolute atomic E-state index is 13.0. The molecule has 0 fully saturated rings. The highest BCUT2D eigenvalue weighted by molar-refractivity contribution is 7.99. The Morgan fingerprint density at radius 1 is 1.28 bits per heavy atom. The predicted molar refractivity (Wildman–Crippen MR) is 113 cm³/mol. The largest absolute Gasteiger partial charge is 0.467 e. The minimum Gasteiger partial charge on any atom is -0.467 e. The van der Waals surface area contributed by atoms with Crippen molar-refractivity contribution in [1.29, 1.82) is 0 Å². The molecule has 0 saturated carbocycles. The lowest BCUT2D eigenvalue weighted by molar-refractivity contribution is -0.130. The second kappa shape index (κ2) is 8.47. The molecule has 29 heavy (non-hydrogen) atoms. The second-order valence-electron chi connectivity index (χ2n) is 6.82. The van der Waals surface area contributed by atoms with Crippen molar-refractivity contribution in [2.75, 3.05) is 5.75 Å². The molecule has 0 aliphatic carbocycles. The van der Waals surface area contributed by atoms with Crippen LogP contribution in [0.4, 0.5) is 0 Å². The Kier molecular flexibility index (Phi) is 5.78. The molecule has 3 aromatic rings. The zero-order valence-electron chi connectivity index (χ0n) is 16.1. The van der Waals surface area contributed by atoms with Gasteiger partial charge in [-0.3, -0.25) is 4.79 Å². The summed E-state index contributed by atoms with van der Waals surface area (Å²) in [7, 11) is 0. The van der Waals surface area contributed by atoms with Gasteiger partial charge in [-0.25, -0.2) is 5.01 Å². The molecule has 2 aromatic heterocycles. The summed E-state index contributed by atoms with van der Waals surface area (Å²) in [6.45, 7) is 3.79. The topological polar surface area (TPSA) is 71.8 Å². The molecule has 0 radical (unpaired) electrons. The average molecular weight is 430 g/mol. The Bertz CT molecular complexity index is 1010. The van der Waals surface area contributed by atoms with E-state index in [2.05, 4.69) is 10.3 Å². The monoisotopic (exact) mass is 429 g/mol. The number of carbonyl (C=O) groups is 1. The van der Waals surface area contributed by atoms with E-state index in [4.69, 9.17) is 20.5 Å². The fourth-order valence-electron chi connectivity index (χ4n) is 3.27. The molecule has 1 aliphatic rings. The van der Waals surface area contributed by atoms with Gasteiger partial charge in [-0.2, -0.15) is 5.10 Å². The van der Waals surface area contributed by atoms with E-state index in [1.807, 2.05) is 50.2 Å². The predicted octanol–water partition coefficient (Wildman–Crippen LogP) is 5.15. The minimum absolute atomic E-state index is 0.0628. The third-order valence-corrected chi connectivity index (χ3v) is 6.06. The average Bonchev–Trinajstić information content (AvgIpc) is 3.44. The highest BCUT2D eigenvalue weighted by atomic mass is 35.5. The third-order valence-electron chi connectivity index (χ3n) is 4.87. The molecule has 0 N–H and O–H groups in total. The Balaban J connectivity index is 1.49. The van der Waals surface area contributed by atoms with Gasteiger partial charge < -0.3 is 8.94 Å². The van der Waals surface area contributed by atoms with Crippen molar-refractivity contribution < 1.29 is 13.7 Å². The van der Waals surface area contributed by atoms with E-state index in [-0.39, 0.29) is 11.9 Å². The number of rotatable bonds is 6. The SMILES string of the molecule is Cc1noc(C)c1CSCC(=O)N1N=C(c2ccc(Cl)cc2)C[C@H]1c1ccco1. The number of furan rings is 1. The van der Waals surface area contributed by atoms with Crippen molar-refractivity contribution in [2.45, 2.75) is 32.1 Å². The summed E-state index contributed by atoms with van der Waals surface area (Å²) in [4.78, 5) is 13.0. The molecule has 1 amide bonds.